The number of methoxy groups -OCH3 is 1. The maximum Gasteiger partial charge on any atom is 0.249 e. The van der Waals surface area contributed by atoms with Crippen LogP contribution in [-0.2, 0) is 4.79 Å². The zero-order valence-corrected chi connectivity index (χ0v) is 13.4. The van der Waals surface area contributed by atoms with Gasteiger partial charge in [-0.1, -0.05) is 12.1 Å². The van der Waals surface area contributed by atoms with Crippen LogP contribution >= 0.6 is 0 Å². The Morgan fingerprint density at radius 2 is 2.17 bits per heavy atom. The summed E-state index contributed by atoms with van der Waals surface area (Å²) in [5, 5.41) is 12.1. The van der Waals surface area contributed by atoms with Gasteiger partial charge in [-0.2, -0.15) is 5.26 Å². The van der Waals surface area contributed by atoms with Crippen LogP contribution in [0.25, 0.3) is 0 Å². The molecule has 0 radical (unpaired) electrons. The first kappa shape index (κ1) is 15.8. The molecule has 1 unspecified atom stereocenters. The van der Waals surface area contributed by atoms with Crippen LogP contribution in [0.1, 0.15) is 18.5 Å². The molecule has 1 aliphatic heterocycles. The molecule has 0 spiro atoms. The minimum absolute atomic E-state index is 0.00124. The number of nitrogens with zero attached hydrogens (tertiary/aromatic N) is 3. The van der Waals surface area contributed by atoms with Gasteiger partial charge in [0, 0.05) is 18.3 Å². The Labute approximate surface area is 140 Å². The second-order valence-corrected chi connectivity index (χ2v) is 5.55. The number of rotatable bonds is 4. The summed E-state index contributed by atoms with van der Waals surface area (Å²) >= 11 is 0. The van der Waals surface area contributed by atoms with Crippen molar-refractivity contribution in [2.75, 3.05) is 23.9 Å². The molecule has 6 heteroatoms. The van der Waals surface area contributed by atoms with Crippen molar-refractivity contribution >= 4 is 17.4 Å². The number of carbonyl (C=O) groups is 1. The number of pyridine rings is 1. The maximum absolute atomic E-state index is 12.8. The number of hydrogen-bond acceptors (Lipinski definition) is 5. The normalized spacial score (nSPS) is 17.2. The molecular formula is C18H18N4O2. The summed E-state index contributed by atoms with van der Waals surface area (Å²) in [5.74, 6) is 1.26. The summed E-state index contributed by atoms with van der Waals surface area (Å²) in [7, 11) is 1.61. The molecular weight excluding hydrogens is 304 g/mol. The average molecular weight is 322 g/mol. The highest BCUT2D eigenvalue weighted by atomic mass is 16.5. The van der Waals surface area contributed by atoms with Crippen LogP contribution in [-0.4, -0.2) is 30.6 Å². The lowest BCUT2D eigenvalue weighted by Gasteiger charge is -2.33. The number of amides is 1. The van der Waals surface area contributed by atoms with Crippen molar-refractivity contribution < 1.29 is 9.53 Å². The standard InChI is InChI=1S/C18H18N4O2/c1-24-15-7-3-6-14(11-15)22-10-4-8-16(18(22)23)21-17-9-2-5-13(12-19)20-17/h2-3,5-7,9,11,16H,4,8,10H2,1H3,(H,20,21). The van der Waals surface area contributed by atoms with Crippen molar-refractivity contribution in [3.8, 4) is 11.8 Å². The number of nitriles is 1. The Balaban J connectivity index is 1.78. The van der Waals surface area contributed by atoms with E-state index >= 15 is 0 Å². The number of aromatic nitrogens is 1. The zero-order valence-electron chi connectivity index (χ0n) is 13.4. The van der Waals surface area contributed by atoms with E-state index in [1.807, 2.05) is 30.3 Å². The quantitative estimate of drug-likeness (QED) is 0.936. The number of nitrogens with one attached hydrogen (secondary N) is 1. The summed E-state index contributed by atoms with van der Waals surface area (Å²) in [5.41, 5.74) is 1.15. The fourth-order valence-electron chi connectivity index (χ4n) is 2.80. The van der Waals surface area contributed by atoms with Crippen molar-refractivity contribution in [1.82, 2.24) is 4.98 Å². The van der Waals surface area contributed by atoms with Gasteiger partial charge in [0.1, 0.15) is 29.4 Å². The zero-order chi connectivity index (χ0) is 16.9. The molecule has 1 fully saturated rings. The number of carbonyl (C=O) groups excluding carboxylic acids is 1. The van der Waals surface area contributed by atoms with Crippen molar-refractivity contribution in [2.24, 2.45) is 0 Å². The molecule has 1 aromatic carbocycles. The van der Waals surface area contributed by atoms with Crippen molar-refractivity contribution in [2.45, 2.75) is 18.9 Å². The molecule has 0 saturated carbocycles. The fourth-order valence-corrected chi connectivity index (χ4v) is 2.80. The minimum Gasteiger partial charge on any atom is -0.497 e. The molecule has 122 valence electrons. The molecule has 24 heavy (non-hydrogen) atoms. The number of piperidine rings is 1. The highest BCUT2D eigenvalue weighted by Crippen LogP contribution is 2.26. The highest BCUT2D eigenvalue weighted by Gasteiger charge is 2.30. The van der Waals surface area contributed by atoms with Gasteiger partial charge >= 0.3 is 0 Å². The molecule has 0 aliphatic carbocycles. The lowest BCUT2D eigenvalue weighted by molar-refractivity contribution is -0.120. The van der Waals surface area contributed by atoms with Crippen LogP contribution in [0.4, 0.5) is 11.5 Å². The van der Waals surface area contributed by atoms with E-state index in [9.17, 15) is 4.79 Å². The Hall–Kier alpha value is -3.07. The van der Waals surface area contributed by atoms with E-state index in [2.05, 4.69) is 10.3 Å². The lowest BCUT2D eigenvalue weighted by atomic mass is 10.0. The highest BCUT2D eigenvalue weighted by molar-refractivity contribution is 5.99. The molecule has 3 rings (SSSR count). The molecule has 1 aliphatic rings. The van der Waals surface area contributed by atoms with Gasteiger partial charge in [-0.25, -0.2) is 4.98 Å². The summed E-state index contributed by atoms with van der Waals surface area (Å²) in [6, 6.07) is 14.3. The molecule has 0 bridgehead atoms. The van der Waals surface area contributed by atoms with E-state index in [0.29, 0.717) is 18.1 Å². The van der Waals surface area contributed by atoms with Gasteiger partial charge in [-0.05, 0) is 37.1 Å². The lowest BCUT2D eigenvalue weighted by Crippen LogP contribution is -2.47. The first-order valence-corrected chi connectivity index (χ1v) is 7.80. The summed E-state index contributed by atoms with van der Waals surface area (Å²) in [6.45, 7) is 0.676. The van der Waals surface area contributed by atoms with Gasteiger partial charge in [-0.3, -0.25) is 4.79 Å². The molecule has 2 heterocycles. The van der Waals surface area contributed by atoms with Crippen LogP contribution in [0.15, 0.2) is 42.5 Å². The summed E-state index contributed by atoms with van der Waals surface area (Å²) < 4.78 is 5.23. The van der Waals surface area contributed by atoms with E-state index in [1.165, 1.54) is 0 Å². The molecule has 1 atom stereocenters. The molecule has 1 saturated heterocycles. The summed E-state index contributed by atoms with van der Waals surface area (Å²) in [6.07, 6.45) is 1.62. The van der Waals surface area contributed by atoms with E-state index in [-0.39, 0.29) is 11.9 Å². The second kappa shape index (κ2) is 7.01. The number of benzene rings is 1. The van der Waals surface area contributed by atoms with Crippen molar-refractivity contribution in [3.05, 3.63) is 48.2 Å². The fraction of sp³-hybridized carbons (Fsp3) is 0.278. The summed E-state index contributed by atoms with van der Waals surface area (Å²) in [4.78, 5) is 18.8. The van der Waals surface area contributed by atoms with Gasteiger partial charge in [-0.15, -0.1) is 0 Å². The van der Waals surface area contributed by atoms with Gasteiger partial charge in [0.2, 0.25) is 5.91 Å². The Kier molecular flexibility index (Phi) is 4.62. The number of ether oxygens (including phenoxy) is 1. The molecule has 6 nitrogen and oxygen atoms in total. The molecule has 1 amide bonds. The smallest absolute Gasteiger partial charge is 0.249 e. The van der Waals surface area contributed by atoms with Gasteiger partial charge < -0.3 is 15.0 Å². The number of hydrogen-bond donors (Lipinski definition) is 1. The largest absolute Gasteiger partial charge is 0.497 e. The third-order valence-electron chi connectivity index (χ3n) is 3.99. The molecule has 1 aromatic heterocycles. The first-order valence-electron chi connectivity index (χ1n) is 7.80. The van der Waals surface area contributed by atoms with Crippen LogP contribution in [0, 0.1) is 11.3 Å². The van der Waals surface area contributed by atoms with E-state index < -0.39 is 0 Å². The van der Waals surface area contributed by atoms with Gasteiger partial charge in [0.15, 0.2) is 0 Å². The van der Waals surface area contributed by atoms with E-state index in [1.54, 1.807) is 30.2 Å². The monoisotopic (exact) mass is 322 g/mol. The predicted molar refractivity (Wildman–Crippen MR) is 90.9 cm³/mol. The Morgan fingerprint density at radius 1 is 1.33 bits per heavy atom. The predicted octanol–water partition coefficient (Wildman–Crippen LogP) is 2.57. The van der Waals surface area contributed by atoms with Crippen LogP contribution in [0.2, 0.25) is 0 Å². The van der Waals surface area contributed by atoms with Crippen molar-refractivity contribution in [3.63, 3.8) is 0 Å². The number of anilines is 2. The second-order valence-electron chi connectivity index (χ2n) is 5.55. The Bertz CT molecular complexity index is 785. The van der Waals surface area contributed by atoms with Crippen LogP contribution in [0.3, 0.4) is 0 Å². The average Bonchev–Trinajstić information content (AvgIpc) is 2.63. The Morgan fingerprint density at radius 3 is 2.96 bits per heavy atom. The maximum atomic E-state index is 12.8. The third-order valence-corrected chi connectivity index (χ3v) is 3.99. The molecule has 2 aromatic rings. The SMILES string of the molecule is COc1cccc(N2CCCC(Nc3cccc(C#N)n3)C2=O)c1. The van der Waals surface area contributed by atoms with Crippen LogP contribution in [0.5, 0.6) is 5.75 Å². The topological polar surface area (TPSA) is 78.2 Å². The van der Waals surface area contributed by atoms with E-state index in [4.69, 9.17) is 10.00 Å². The van der Waals surface area contributed by atoms with E-state index in [0.717, 1.165) is 24.3 Å². The third kappa shape index (κ3) is 3.30. The van der Waals surface area contributed by atoms with Gasteiger partial charge in [0.25, 0.3) is 0 Å². The molecule has 1 N–H and O–H groups in total. The first-order chi connectivity index (χ1) is 11.7. The van der Waals surface area contributed by atoms with Crippen molar-refractivity contribution in [1.29, 1.82) is 5.26 Å². The van der Waals surface area contributed by atoms with Gasteiger partial charge in [0.05, 0.1) is 7.11 Å². The van der Waals surface area contributed by atoms with Crippen LogP contribution < -0.4 is 15.0 Å². The minimum atomic E-state index is -0.355.